The van der Waals surface area contributed by atoms with Crippen molar-refractivity contribution >= 4 is 45.9 Å². The van der Waals surface area contributed by atoms with Gasteiger partial charge in [0.15, 0.2) is 11.5 Å². The number of pyridine rings is 1. The van der Waals surface area contributed by atoms with Gasteiger partial charge in [0.2, 0.25) is 0 Å². The molecule has 2 saturated heterocycles. The largest absolute Gasteiger partial charge is 0.465 e. The van der Waals surface area contributed by atoms with Crippen LogP contribution in [-0.4, -0.2) is 70.4 Å². The molecular formula is C33H33Cl2N5O5. The molecule has 2 aromatic carbocycles. The van der Waals surface area contributed by atoms with Gasteiger partial charge in [-0.05, 0) is 55.7 Å². The van der Waals surface area contributed by atoms with E-state index >= 15 is 0 Å². The molecule has 4 atom stereocenters. The maximum atomic E-state index is 12.4. The molecule has 3 aliphatic heterocycles. The molecule has 0 N–H and O–H groups in total. The van der Waals surface area contributed by atoms with E-state index in [-0.39, 0.29) is 6.10 Å². The van der Waals surface area contributed by atoms with E-state index in [0.29, 0.717) is 57.7 Å². The van der Waals surface area contributed by atoms with E-state index in [2.05, 4.69) is 25.4 Å². The number of benzene rings is 2. The molecule has 0 spiro atoms. The van der Waals surface area contributed by atoms with Crippen LogP contribution in [0.3, 0.4) is 0 Å². The molecule has 10 nitrogen and oxygen atoms in total. The molecule has 0 radical (unpaired) electrons. The Bertz CT molecular complexity index is 1790. The van der Waals surface area contributed by atoms with E-state index in [1.54, 1.807) is 18.3 Å². The molecule has 2 aromatic heterocycles. The number of halogens is 2. The van der Waals surface area contributed by atoms with Gasteiger partial charge in [0.05, 0.1) is 53.1 Å². The minimum Gasteiger partial charge on any atom is -0.465 e. The van der Waals surface area contributed by atoms with Crippen molar-refractivity contribution in [2.75, 3.05) is 31.7 Å². The molecule has 0 unspecified atom stereocenters. The number of imidazole rings is 1. The molecule has 8 rings (SSSR count). The van der Waals surface area contributed by atoms with Gasteiger partial charge < -0.3 is 28.4 Å². The minimum atomic E-state index is -1.04. The number of fused-ring (bicyclic) bond motifs is 3. The number of piperazine rings is 1. The second kappa shape index (κ2) is 11.0. The molecule has 3 fully saturated rings. The third-order valence-corrected chi connectivity index (χ3v) is 10.1. The number of rotatable bonds is 7. The molecule has 0 amide bonds. The zero-order valence-corrected chi connectivity index (χ0v) is 26.6. The molecule has 234 valence electrons. The lowest BCUT2D eigenvalue weighted by molar-refractivity contribution is -0.0717. The molecule has 45 heavy (non-hydrogen) atoms. The summed E-state index contributed by atoms with van der Waals surface area (Å²) in [6.45, 7) is 5.67. The summed E-state index contributed by atoms with van der Waals surface area (Å²) in [5.74, 6) is 0.914. The Hall–Kier alpha value is -3.57. The third-order valence-electron chi connectivity index (χ3n) is 9.59. The Labute approximate surface area is 270 Å². The summed E-state index contributed by atoms with van der Waals surface area (Å²) in [7, 11) is 1.37. The van der Waals surface area contributed by atoms with Crippen LogP contribution in [0.1, 0.15) is 48.1 Å². The molecule has 4 aromatic rings. The van der Waals surface area contributed by atoms with Crippen molar-refractivity contribution in [2.24, 2.45) is 0 Å². The van der Waals surface area contributed by atoms with Crippen LogP contribution < -0.4 is 14.4 Å². The standard InChI is InChI=1S/C33H33Cl2N5O5/c1-33(28-9-6-20(34)16-36-28)44-27-5-3-4-25(31(27)45-33)39-12-11-38(23-7-8-24(23)39)18-29-37-30-22(35)14-19(32(41)42-2)15-26(30)40(29)17-21-10-13-43-21/h3-6,9,14-16,21,23-24H,7-8,10-13,17-18H2,1-2H3/t21-,23-,24-,33-/m0/s1. The van der Waals surface area contributed by atoms with Crippen LogP contribution in [0.2, 0.25) is 10.0 Å². The highest BCUT2D eigenvalue weighted by Gasteiger charge is 2.47. The molecule has 1 saturated carbocycles. The van der Waals surface area contributed by atoms with Crippen LogP contribution in [0.5, 0.6) is 11.5 Å². The van der Waals surface area contributed by atoms with Gasteiger partial charge in [-0.25, -0.2) is 9.78 Å². The number of esters is 1. The van der Waals surface area contributed by atoms with Crippen molar-refractivity contribution in [2.45, 2.75) is 63.3 Å². The first kappa shape index (κ1) is 28.9. The number of anilines is 1. The van der Waals surface area contributed by atoms with Crippen LogP contribution >= 0.6 is 23.2 Å². The third kappa shape index (κ3) is 4.90. The Kier molecular flexibility index (Phi) is 7.09. The normalized spacial score (nSPS) is 25.5. The summed E-state index contributed by atoms with van der Waals surface area (Å²) in [4.78, 5) is 26.9. The fourth-order valence-electron chi connectivity index (χ4n) is 7.01. The number of aromatic nitrogens is 3. The van der Waals surface area contributed by atoms with Crippen LogP contribution in [0.25, 0.3) is 11.0 Å². The summed E-state index contributed by atoms with van der Waals surface area (Å²) in [5, 5.41) is 1.00. The molecule has 5 heterocycles. The van der Waals surface area contributed by atoms with Crippen molar-refractivity contribution in [3.05, 3.63) is 75.8 Å². The second-order valence-corrected chi connectivity index (χ2v) is 13.1. The van der Waals surface area contributed by atoms with E-state index < -0.39 is 11.8 Å². The van der Waals surface area contributed by atoms with Crippen LogP contribution in [0.15, 0.2) is 48.7 Å². The summed E-state index contributed by atoms with van der Waals surface area (Å²) < 4.78 is 25.8. The van der Waals surface area contributed by atoms with Crippen molar-refractivity contribution in [3.63, 3.8) is 0 Å². The number of hydrogen-bond donors (Lipinski definition) is 0. The number of hydrogen-bond acceptors (Lipinski definition) is 9. The Balaban J connectivity index is 1.06. The van der Waals surface area contributed by atoms with Gasteiger partial charge in [-0.1, -0.05) is 29.3 Å². The monoisotopic (exact) mass is 649 g/mol. The summed E-state index contributed by atoms with van der Waals surface area (Å²) in [6.07, 6.45) is 4.90. The quantitative estimate of drug-likeness (QED) is 0.230. The van der Waals surface area contributed by atoms with E-state index in [4.69, 9.17) is 47.1 Å². The minimum absolute atomic E-state index is 0.117. The second-order valence-electron chi connectivity index (χ2n) is 12.2. The topological polar surface area (TPSA) is 91.2 Å². The molecular weight excluding hydrogens is 617 g/mol. The van der Waals surface area contributed by atoms with Gasteiger partial charge in [-0.2, -0.15) is 0 Å². The maximum Gasteiger partial charge on any atom is 0.337 e. The Morgan fingerprint density at radius 2 is 1.93 bits per heavy atom. The number of methoxy groups -OCH3 is 1. The smallest absolute Gasteiger partial charge is 0.337 e. The number of carbonyl (C=O) groups is 1. The zero-order valence-electron chi connectivity index (χ0n) is 25.0. The molecule has 4 aliphatic rings. The average molecular weight is 651 g/mol. The predicted octanol–water partition coefficient (Wildman–Crippen LogP) is 5.81. The van der Waals surface area contributed by atoms with Crippen LogP contribution in [0.4, 0.5) is 5.69 Å². The van der Waals surface area contributed by atoms with Gasteiger partial charge >= 0.3 is 5.97 Å². The van der Waals surface area contributed by atoms with Gasteiger partial charge in [-0.15, -0.1) is 0 Å². The van der Waals surface area contributed by atoms with Crippen molar-refractivity contribution in [1.82, 2.24) is 19.4 Å². The van der Waals surface area contributed by atoms with Gasteiger partial charge in [0.25, 0.3) is 5.79 Å². The van der Waals surface area contributed by atoms with Crippen molar-refractivity contribution in [1.29, 1.82) is 0 Å². The number of nitrogens with zero attached hydrogens (tertiary/aromatic N) is 5. The highest BCUT2D eigenvalue weighted by molar-refractivity contribution is 6.35. The lowest BCUT2D eigenvalue weighted by Crippen LogP contribution is -2.64. The SMILES string of the molecule is COC(=O)c1cc(Cl)c2nc(CN3CCN(c4cccc5c4O[C@@](C)(c4ccc(Cl)cn4)O5)[C@H]4CC[C@@H]43)n(C[C@@H]3CCO3)c2c1. The first-order chi connectivity index (χ1) is 21.8. The Morgan fingerprint density at radius 1 is 1.09 bits per heavy atom. The summed E-state index contributed by atoms with van der Waals surface area (Å²) >= 11 is 12.8. The van der Waals surface area contributed by atoms with E-state index in [1.807, 2.05) is 31.2 Å². The molecule has 0 bridgehead atoms. The van der Waals surface area contributed by atoms with Gasteiger partial charge in [0, 0.05) is 44.9 Å². The van der Waals surface area contributed by atoms with Crippen molar-refractivity contribution < 1.29 is 23.7 Å². The Morgan fingerprint density at radius 3 is 2.64 bits per heavy atom. The number of ether oxygens (including phenoxy) is 4. The highest BCUT2D eigenvalue weighted by atomic mass is 35.5. The lowest BCUT2D eigenvalue weighted by atomic mass is 9.81. The fraction of sp³-hybridized carbons (Fsp3) is 0.424. The molecule has 12 heteroatoms. The average Bonchev–Trinajstić information content (AvgIpc) is 3.53. The summed E-state index contributed by atoms with van der Waals surface area (Å²) in [6, 6.07) is 13.9. The maximum absolute atomic E-state index is 12.4. The number of para-hydroxylation sites is 1. The fourth-order valence-corrected chi connectivity index (χ4v) is 7.38. The number of carbonyl (C=O) groups excluding carboxylic acids is 1. The van der Waals surface area contributed by atoms with Crippen LogP contribution in [0, 0.1) is 0 Å². The first-order valence-corrected chi connectivity index (χ1v) is 16.1. The molecule has 1 aliphatic carbocycles. The van der Waals surface area contributed by atoms with Crippen LogP contribution in [-0.2, 0) is 28.4 Å². The van der Waals surface area contributed by atoms with Gasteiger partial charge in [-0.3, -0.25) is 9.88 Å². The zero-order chi connectivity index (χ0) is 30.9. The van der Waals surface area contributed by atoms with E-state index in [0.717, 1.165) is 61.7 Å². The van der Waals surface area contributed by atoms with E-state index in [9.17, 15) is 4.79 Å². The van der Waals surface area contributed by atoms with Gasteiger partial charge in [0.1, 0.15) is 17.0 Å². The van der Waals surface area contributed by atoms with Crippen molar-refractivity contribution in [3.8, 4) is 11.5 Å². The predicted molar refractivity (Wildman–Crippen MR) is 169 cm³/mol. The summed E-state index contributed by atoms with van der Waals surface area (Å²) in [5.41, 5.74) is 3.63. The first-order valence-electron chi connectivity index (χ1n) is 15.3. The van der Waals surface area contributed by atoms with E-state index in [1.165, 1.54) is 7.11 Å². The lowest BCUT2D eigenvalue weighted by Gasteiger charge is -2.54. The highest BCUT2D eigenvalue weighted by Crippen LogP contribution is 2.51.